The third-order valence-electron chi connectivity index (χ3n) is 2.44. The highest BCUT2D eigenvalue weighted by atomic mass is 79.9. The number of nitrogens with one attached hydrogen (secondary N) is 1. The highest BCUT2D eigenvalue weighted by Crippen LogP contribution is 2.17. The summed E-state index contributed by atoms with van der Waals surface area (Å²) in [4.78, 5) is 22.9. The minimum absolute atomic E-state index is 0.292. The summed E-state index contributed by atoms with van der Waals surface area (Å²) in [6.45, 7) is 3.35. The second-order valence-corrected chi connectivity index (χ2v) is 4.76. The van der Waals surface area contributed by atoms with Gasteiger partial charge in [0.2, 0.25) is 0 Å². The van der Waals surface area contributed by atoms with Gasteiger partial charge in [0, 0.05) is 6.07 Å². The zero-order chi connectivity index (χ0) is 13.1. The summed E-state index contributed by atoms with van der Waals surface area (Å²) in [6.07, 6.45) is 2.30. The van der Waals surface area contributed by atoms with E-state index in [4.69, 9.17) is 9.52 Å². The van der Waals surface area contributed by atoms with E-state index in [-0.39, 0.29) is 0 Å². The third kappa shape index (κ3) is 3.33. The normalized spacial score (nSPS) is 14.1. The van der Waals surface area contributed by atoms with Crippen LogP contribution in [0.4, 0.5) is 0 Å². The van der Waals surface area contributed by atoms with E-state index in [0.717, 1.165) is 0 Å². The first-order valence-electron chi connectivity index (χ1n) is 5.19. The standard InChI is InChI=1S/C11H14BrNO4/c1-3-4-11(2,10(15)16)13-9(14)7-5-8(12)17-6-7/h5-6H,3-4H2,1-2H3,(H,13,14)(H,15,16). The molecule has 6 heteroatoms. The van der Waals surface area contributed by atoms with Gasteiger partial charge in [-0.15, -0.1) is 0 Å². The van der Waals surface area contributed by atoms with Crippen molar-refractivity contribution in [2.45, 2.75) is 32.2 Å². The molecule has 1 heterocycles. The molecule has 0 aromatic carbocycles. The molecule has 0 spiro atoms. The number of halogens is 1. The molecule has 1 atom stereocenters. The monoisotopic (exact) mass is 303 g/mol. The molecule has 17 heavy (non-hydrogen) atoms. The number of carbonyl (C=O) groups is 2. The minimum atomic E-state index is -1.25. The van der Waals surface area contributed by atoms with Crippen molar-refractivity contribution >= 4 is 27.8 Å². The number of amides is 1. The summed E-state index contributed by atoms with van der Waals surface area (Å²) >= 11 is 3.08. The molecule has 1 unspecified atom stereocenters. The van der Waals surface area contributed by atoms with Crippen molar-refractivity contribution in [3.63, 3.8) is 0 Å². The fourth-order valence-corrected chi connectivity index (χ4v) is 1.81. The van der Waals surface area contributed by atoms with Gasteiger partial charge in [-0.05, 0) is 29.3 Å². The first-order chi connectivity index (χ1) is 7.89. The molecule has 0 bridgehead atoms. The Bertz CT molecular complexity index is 429. The molecule has 0 saturated heterocycles. The number of carbonyl (C=O) groups excluding carboxylic acids is 1. The molecule has 0 radical (unpaired) electrons. The Morgan fingerprint density at radius 3 is 2.65 bits per heavy atom. The van der Waals surface area contributed by atoms with E-state index in [2.05, 4.69) is 21.2 Å². The van der Waals surface area contributed by atoms with Crippen LogP contribution in [0.1, 0.15) is 37.0 Å². The Morgan fingerprint density at radius 1 is 1.59 bits per heavy atom. The van der Waals surface area contributed by atoms with Gasteiger partial charge in [0.15, 0.2) is 4.67 Å². The Balaban J connectivity index is 2.81. The van der Waals surface area contributed by atoms with Crippen molar-refractivity contribution < 1.29 is 19.1 Å². The second-order valence-electron chi connectivity index (χ2n) is 3.98. The predicted octanol–water partition coefficient (Wildman–Crippen LogP) is 2.42. The largest absolute Gasteiger partial charge is 0.480 e. The van der Waals surface area contributed by atoms with Gasteiger partial charge >= 0.3 is 5.97 Å². The first kappa shape index (κ1) is 13.8. The third-order valence-corrected chi connectivity index (χ3v) is 2.86. The lowest BCUT2D eigenvalue weighted by Crippen LogP contribution is -2.52. The topological polar surface area (TPSA) is 79.5 Å². The molecule has 2 N–H and O–H groups in total. The molecule has 1 amide bonds. The number of aliphatic carboxylic acids is 1. The van der Waals surface area contributed by atoms with Crippen LogP contribution in [0.2, 0.25) is 0 Å². The molecular weight excluding hydrogens is 290 g/mol. The van der Waals surface area contributed by atoms with Crippen molar-refractivity contribution in [2.75, 3.05) is 0 Å². The maximum Gasteiger partial charge on any atom is 0.329 e. The van der Waals surface area contributed by atoms with E-state index in [1.54, 1.807) is 0 Å². The average Bonchev–Trinajstić information content (AvgIpc) is 2.65. The molecule has 1 aromatic rings. The Labute approximate surface area is 107 Å². The van der Waals surface area contributed by atoms with Gasteiger partial charge in [-0.1, -0.05) is 13.3 Å². The van der Waals surface area contributed by atoms with Gasteiger partial charge in [-0.2, -0.15) is 0 Å². The SMILES string of the molecule is CCCC(C)(NC(=O)c1coc(Br)c1)C(=O)O. The van der Waals surface area contributed by atoms with Crippen LogP contribution >= 0.6 is 15.9 Å². The molecule has 0 aliphatic heterocycles. The Morgan fingerprint density at radius 2 is 2.24 bits per heavy atom. The van der Waals surface area contributed by atoms with Crippen LogP contribution in [0.15, 0.2) is 21.4 Å². The van der Waals surface area contributed by atoms with E-state index in [9.17, 15) is 9.59 Å². The van der Waals surface area contributed by atoms with Gasteiger partial charge in [-0.3, -0.25) is 4.79 Å². The Kier molecular flexibility index (Phi) is 4.34. The fourth-order valence-electron chi connectivity index (χ4n) is 1.47. The van der Waals surface area contributed by atoms with E-state index in [1.807, 2.05) is 6.92 Å². The molecule has 5 nitrogen and oxygen atoms in total. The molecule has 0 fully saturated rings. The van der Waals surface area contributed by atoms with Crippen LogP contribution in [0.5, 0.6) is 0 Å². The number of furan rings is 1. The van der Waals surface area contributed by atoms with Gasteiger partial charge in [-0.25, -0.2) is 4.79 Å². The molecule has 0 aliphatic carbocycles. The zero-order valence-electron chi connectivity index (χ0n) is 9.62. The highest BCUT2D eigenvalue weighted by molar-refractivity contribution is 9.10. The summed E-state index contributed by atoms with van der Waals surface area (Å²) in [5, 5.41) is 11.6. The number of hydrogen-bond acceptors (Lipinski definition) is 3. The zero-order valence-corrected chi connectivity index (χ0v) is 11.2. The van der Waals surface area contributed by atoms with Crippen molar-refractivity contribution in [1.82, 2.24) is 5.32 Å². The molecule has 0 saturated carbocycles. The number of carboxylic acids is 1. The fraction of sp³-hybridized carbons (Fsp3) is 0.455. The van der Waals surface area contributed by atoms with Crippen LogP contribution in [0.3, 0.4) is 0 Å². The maximum atomic E-state index is 11.8. The maximum absolute atomic E-state index is 11.8. The molecule has 1 rings (SSSR count). The van der Waals surface area contributed by atoms with Crippen LogP contribution in [0, 0.1) is 0 Å². The van der Waals surface area contributed by atoms with Crippen molar-refractivity contribution in [3.8, 4) is 0 Å². The van der Waals surface area contributed by atoms with Crippen LogP contribution in [0.25, 0.3) is 0 Å². The number of hydrogen-bond donors (Lipinski definition) is 2. The van der Waals surface area contributed by atoms with E-state index in [1.165, 1.54) is 19.3 Å². The van der Waals surface area contributed by atoms with Crippen molar-refractivity contribution in [2.24, 2.45) is 0 Å². The summed E-state index contributed by atoms with van der Waals surface area (Å²) < 4.78 is 5.36. The van der Waals surface area contributed by atoms with E-state index < -0.39 is 17.4 Å². The summed E-state index contributed by atoms with van der Waals surface area (Å²) in [5.41, 5.74) is -0.962. The smallest absolute Gasteiger partial charge is 0.329 e. The quantitative estimate of drug-likeness (QED) is 0.875. The first-order valence-corrected chi connectivity index (χ1v) is 5.98. The lowest BCUT2D eigenvalue weighted by molar-refractivity contribution is -0.144. The molecular formula is C11H14BrNO4. The van der Waals surface area contributed by atoms with E-state index in [0.29, 0.717) is 23.1 Å². The van der Waals surface area contributed by atoms with Crippen LogP contribution in [-0.4, -0.2) is 22.5 Å². The summed E-state index contributed by atoms with van der Waals surface area (Å²) in [7, 11) is 0. The van der Waals surface area contributed by atoms with Crippen LogP contribution in [-0.2, 0) is 4.79 Å². The molecule has 94 valence electrons. The van der Waals surface area contributed by atoms with Gasteiger partial charge < -0.3 is 14.8 Å². The average molecular weight is 304 g/mol. The number of carboxylic acid groups (broad SMARTS) is 1. The highest BCUT2D eigenvalue weighted by Gasteiger charge is 2.34. The molecule has 0 aliphatic rings. The Hall–Kier alpha value is -1.30. The predicted molar refractivity (Wildman–Crippen MR) is 64.8 cm³/mol. The summed E-state index contributed by atoms with van der Waals surface area (Å²) in [5.74, 6) is -1.51. The van der Waals surface area contributed by atoms with Crippen LogP contribution < -0.4 is 5.32 Å². The minimum Gasteiger partial charge on any atom is -0.480 e. The lowest BCUT2D eigenvalue weighted by atomic mass is 9.96. The lowest BCUT2D eigenvalue weighted by Gasteiger charge is -2.25. The van der Waals surface area contributed by atoms with Gasteiger partial charge in [0.25, 0.3) is 5.91 Å². The van der Waals surface area contributed by atoms with Gasteiger partial charge in [0.05, 0.1) is 5.56 Å². The second kappa shape index (κ2) is 5.35. The van der Waals surface area contributed by atoms with Gasteiger partial charge in [0.1, 0.15) is 11.8 Å². The van der Waals surface area contributed by atoms with E-state index >= 15 is 0 Å². The van der Waals surface area contributed by atoms with Crippen molar-refractivity contribution in [1.29, 1.82) is 0 Å². The van der Waals surface area contributed by atoms with Crippen molar-refractivity contribution in [3.05, 3.63) is 22.6 Å². The number of rotatable bonds is 5. The summed E-state index contributed by atoms with van der Waals surface area (Å²) in [6, 6.07) is 1.49. The molecule has 1 aromatic heterocycles.